The molecule has 0 aromatic heterocycles. The predicted octanol–water partition coefficient (Wildman–Crippen LogP) is 1.85. The van der Waals surface area contributed by atoms with E-state index in [9.17, 15) is 13.6 Å². The molecule has 1 aliphatic heterocycles. The van der Waals surface area contributed by atoms with Crippen LogP contribution in [0.3, 0.4) is 0 Å². The molecular formula is C13H16F2N2O2. The second-order valence-electron chi connectivity index (χ2n) is 5.00. The number of hydrogen-bond acceptors (Lipinski definition) is 3. The highest BCUT2D eigenvalue weighted by Crippen LogP contribution is 2.22. The summed E-state index contributed by atoms with van der Waals surface area (Å²) >= 11 is 0. The van der Waals surface area contributed by atoms with E-state index >= 15 is 0 Å². The molecule has 1 heterocycles. The van der Waals surface area contributed by atoms with Crippen molar-refractivity contribution in [2.45, 2.75) is 25.3 Å². The molecule has 0 radical (unpaired) electrons. The van der Waals surface area contributed by atoms with Gasteiger partial charge in [-0.3, -0.25) is 4.79 Å². The molecule has 0 spiro atoms. The van der Waals surface area contributed by atoms with Gasteiger partial charge in [0.05, 0.1) is 17.8 Å². The van der Waals surface area contributed by atoms with Crippen LogP contribution in [0, 0.1) is 11.6 Å². The number of amides is 1. The minimum absolute atomic E-state index is 0.253. The van der Waals surface area contributed by atoms with Crippen LogP contribution in [-0.2, 0) is 4.74 Å². The highest BCUT2D eigenvalue weighted by molar-refractivity contribution is 5.96. The van der Waals surface area contributed by atoms with Crippen molar-refractivity contribution in [3.8, 4) is 0 Å². The van der Waals surface area contributed by atoms with Gasteiger partial charge in [-0.2, -0.15) is 0 Å². The zero-order valence-corrected chi connectivity index (χ0v) is 10.6. The molecule has 0 bridgehead atoms. The van der Waals surface area contributed by atoms with E-state index in [2.05, 4.69) is 5.32 Å². The Hall–Kier alpha value is -1.69. The molecule has 1 aromatic carbocycles. The number of anilines is 1. The van der Waals surface area contributed by atoms with Crippen molar-refractivity contribution >= 4 is 11.6 Å². The third-order valence-electron chi connectivity index (χ3n) is 3.20. The van der Waals surface area contributed by atoms with Gasteiger partial charge >= 0.3 is 0 Å². The SMILES string of the molecule is CC1(NC(=O)c2c(F)ccc(N)c2F)CCCOC1. The van der Waals surface area contributed by atoms with E-state index in [1.54, 1.807) is 6.92 Å². The fraction of sp³-hybridized carbons (Fsp3) is 0.462. The second-order valence-corrected chi connectivity index (χ2v) is 5.00. The van der Waals surface area contributed by atoms with E-state index in [-0.39, 0.29) is 5.69 Å². The monoisotopic (exact) mass is 270 g/mol. The Kier molecular flexibility index (Phi) is 3.71. The largest absolute Gasteiger partial charge is 0.396 e. The Balaban J connectivity index is 2.23. The van der Waals surface area contributed by atoms with Crippen molar-refractivity contribution < 1.29 is 18.3 Å². The Morgan fingerprint density at radius 1 is 1.47 bits per heavy atom. The summed E-state index contributed by atoms with van der Waals surface area (Å²) in [5.74, 6) is -2.77. The number of rotatable bonds is 2. The van der Waals surface area contributed by atoms with E-state index < -0.39 is 28.6 Å². The van der Waals surface area contributed by atoms with Gasteiger partial charge in [0.25, 0.3) is 5.91 Å². The smallest absolute Gasteiger partial charge is 0.257 e. The molecule has 2 rings (SSSR count). The highest BCUT2D eigenvalue weighted by Gasteiger charge is 2.31. The molecule has 3 N–H and O–H groups in total. The van der Waals surface area contributed by atoms with Gasteiger partial charge in [-0.05, 0) is 31.9 Å². The van der Waals surface area contributed by atoms with Gasteiger partial charge in [-0.1, -0.05) is 0 Å². The third kappa shape index (κ3) is 2.84. The maximum atomic E-state index is 13.7. The molecule has 0 aliphatic carbocycles. The first-order valence-corrected chi connectivity index (χ1v) is 6.07. The van der Waals surface area contributed by atoms with Crippen molar-refractivity contribution in [1.82, 2.24) is 5.32 Å². The fourth-order valence-electron chi connectivity index (χ4n) is 2.15. The van der Waals surface area contributed by atoms with Crippen molar-refractivity contribution in [3.05, 3.63) is 29.3 Å². The lowest BCUT2D eigenvalue weighted by atomic mass is 9.94. The summed E-state index contributed by atoms with van der Waals surface area (Å²) in [5, 5.41) is 2.62. The average molecular weight is 270 g/mol. The lowest BCUT2D eigenvalue weighted by molar-refractivity contribution is 0.0270. The summed E-state index contributed by atoms with van der Waals surface area (Å²) in [7, 11) is 0. The zero-order valence-electron chi connectivity index (χ0n) is 10.6. The number of benzene rings is 1. The van der Waals surface area contributed by atoms with Gasteiger partial charge < -0.3 is 15.8 Å². The zero-order chi connectivity index (χ0) is 14.0. The standard InChI is InChI=1S/C13H16F2N2O2/c1-13(5-2-6-19-7-13)17-12(18)10-8(14)3-4-9(16)11(10)15/h3-4H,2,5-7,16H2,1H3,(H,17,18). The molecule has 1 unspecified atom stereocenters. The molecule has 19 heavy (non-hydrogen) atoms. The molecule has 1 fully saturated rings. The van der Waals surface area contributed by atoms with Crippen LogP contribution in [0.5, 0.6) is 0 Å². The number of carbonyl (C=O) groups is 1. The quantitative estimate of drug-likeness (QED) is 0.806. The predicted molar refractivity (Wildman–Crippen MR) is 66.7 cm³/mol. The molecule has 6 heteroatoms. The van der Waals surface area contributed by atoms with E-state index in [1.165, 1.54) is 0 Å². The van der Waals surface area contributed by atoms with Crippen LogP contribution in [-0.4, -0.2) is 24.7 Å². The van der Waals surface area contributed by atoms with Crippen LogP contribution in [0.25, 0.3) is 0 Å². The first-order chi connectivity index (χ1) is 8.93. The van der Waals surface area contributed by atoms with Gasteiger partial charge in [-0.25, -0.2) is 8.78 Å². The second kappa shape index (κ2) is 5.13. The number of carbonyl (C=O) groups excluding carboxylic acids is 1. The van der Waals surface area contributed by atoms with Gasteiger partial charge in [0.2, 0.25) is 0 Å². The first kappa shape index (κ1) is 13.7. The Bertz CT molecular complexity index is 500. The molecule has 104 valence electrons. The van der Waals surface area contributed by atoms with Crippen LogP contribution >= 0.6 is 0 Å². The summed E-state index contributed by atoms with van der Waals surface area (Å²) in [5.41, 5.74) is 3.84. The van der Waals surface area contributed by atoms with Gasteiger partial charge in [-0.15, -0.1) is 0 Å². The van der Waals surface area contributed by atoms with Crippen LogP contribution < -0.4 is 11.1 Å². The normalized spacial score (nSPS) is 23.1. The third-order valence-corrected chi connectivity index (χ3v) is 3.20. The Labute approximate surface area is 109 Å². The Morgan fingerprint density at radius 3 is 2.84 bits per heavy atom. The molecule has 1 aliphatic rings. The molecular weight excluding hydrogens is 254 g/mol. The highest BCUT2D eigenvalue weighted by atomic mass is 19.1. The van der Waals surface area contributed by atoms with Crippen LogP contribution in [0.2, 0.25) is 0 Å². The van der Waals surface area contributed by atoms with Crippen LogP contribution in [0.4, 0.5) is 14.5 Å². The van der Waals surface area contributed by atoms with Gasteiger partial charge in [0.1, 0.15) is 11.4 Å². The molecule has 1 atom stereocenters. The summed E-state index contributed by atoms with van der Waals surface area (Å²) in [6, 6.07) is 2.07. The van der Waals surface area contributed by atoms with Crippen molar-refractivity contribution in [3.63, 3.8) is 0 Å². The summed E-state index contributed by atoms with van der Waals surface area (Å²) < 4.78 is 32.6. The number of nitrogens with two attached hydrogens (primary N) is 1. The number of nitrogens with one attached hydrogen (secondary N) is 1. The maximum absolute atomic E-state index is 13.7. The van der Waals surface area contributed by atoms with Gasteiger partial charge in [0, 0.05) is 6.61 Å². The molecule has 1 saturated heterocycles. The van der Waals surface area contributed by atoms with Crippen molar-refractivity contribution in [2.24, 2.45) is 0 Å². The van der Waals surface area contributed by atoms with Crippen LogP contribution in [0.1, 0.15) is 30.1 Å². The van der Waals surface area contributed by atoms with Gasteiger partial charge in [0.15, 0.2) is 5.82 Å². The minimum atomic E-state index is -1.03. The van der Waals surface area contributed by atoms with E-state index in [4.69, 9.17) is 10.5 Å². The first-order valence-electron chi connectivity index (χ1n) is 6.07. The lowest BCUT2D eigenvalue weighted by Crippen LogP contribution is -2.51. The molecule has 1 amide bonds. The maximum Gasteiger partial charge on any atom is 0.257 e. The fourth-order valence-corrected chi connectivity index (χ4v) is 2.15. The van der Waals surface area contributed by atoms with E-state index in [1.807, 2.05) is 0 Å². The minimum Gasteiger partial charge on any atom is -0.396 e. The summed E-state index contributed by atoms with van der Waals surface area (Å²) in [6.45, 7) is 2.74. The Morgan fingerprint density at radius 2 is 2.21 bits per heavy atom. The van der Waals surface area contributed by atoms with E-state index in [0.29, 0.717) is 19.6 Å². The number of ether oxygens (including phenoxy) is 1. The lowest BCUT2D eigenvalue weighted by Gasteiger charge is -2.34. The van der Waals surface area contributed by atoms with Crippen molar-refractivity contribution in [2.75, 3.05) is 18.9 Å². The molecule has 4 nitrogen and oxygen atoms in total. The van der Waals surface area contributed by atoms with E-state index in [0.717, 1.165) is 18.6 Å². The molecule has 0 saturated carbocycles. The average Bonchev–Trinajstić information content (AvgIpc) is 2.34. The van der Waals surface area contributed by atoms with Crippen LogP contribution in [0.15, 0.2) is 12.1 Å². The summed E-state index contributed by atoms with van der Waals surface area (Å²) in [6.07, 6.45) is 1.49. The van der Waals surface area contributed by atoms with Crippen molar-refractivity contribution in [1.29, 1.82) is 0 Å². The molecule has 1 aromatic rings. The number of hydrogen-bond donors (Lipinski definition) is 2. The summed E-state index contributed by atoms with van der Waals surface area (Å²) in [4.78, 5) is 12.0. The number of nitrogen functional groups attached to an aromatic ring is 1. The topological polar surface area (TPSA) is 64.4 Å². The number of halogens is 2.